The molecule has 2 fully saturated rings. The van der Waals surface area contributed by atoms with E-state index in [-0.39, 0.29) is 18.1 Å². The second kappa shape index (κ2) is 11.8. The molecule has 4 rings (SSSR count). The highest BCUT2D eigenvalue weighted by molar-refractivity contribution is 6.17. The lowest BCUT2D eigenvalue weighted by molar-refractivity contribution is -0.141. The minimum absolute atomic E-state index is 0.181. The highest BCUT2D eigenvalue weighted by Crippen LogP contribution is 2.35. The van der Waals surface area contributed by atoms with Gasteiger partial charge >= 0.3 is 0 Å². The Kier molecular flexibility index (Phi) is 8.25. The average molecular weight is 516 g/mol. The first-order valence-electron chi connectivity index (χ1n) is 12.5. The molecular formula is C29H29N3O6. The Balaban J connectivity index is 1.40. The minimum Gasteiger partial charge on any atom is -0.348 e. The molecule has 9 heteroatoms. The second-order valence-corrected chi connectivity index (χ2v) is 9.72. The molecule has 9 nitrogen and oxygen atoms in total. The number of rotatable bonds is 9. The topological polar surface area (TPSA) is 139 Å². The van der Waals surface area contributed by atoms with Crippen LogP contribution >= 0.6 is 0 Å². The van der Waals surface area contributed by atoms with E-state index in [0.29, 0.717) is 12.0 Å². The van der Waals surface area contributed by atoms with Crippen molar-refractivity contribution >= 4 is 41.3 Å². The van der Waals surface area contributed by atoms with Gasteiger partial charge in [-0.05, 0) is 29.5 Å². The second-order valence-electron chi connectivity index (χ2n) is 9.72. The SMILES string of the molecule is CC1C[C@@H]2C(=O)NC(=O)[C@H]2C(=O)[C@H]1NC(=O)C[C@H](NC(=O)CC(=O)/C=C/c1ccccc1)c1ccccc1. The van der Waals surface area contributed by atoms with Crippen LogP contribution in [0.25, 0.3) is 6.08 Å². The zero-order valence-electron chi connectivity index (χ0n) is 20.9. The molecule has 0 spiro atoms. The number of Topliss-reactive ketones (excluding diaryl/α,β-unsaturated/α-hetero) is 1. The van der Waals surface area contributed by atoms with Gasteiger partial charge in [-0.15, -0.1) is 0 Å². The van der Waals surface area contributed by atoms with Crippen LogP contribution in [0, 0.1) is 17.8 Å². The van der Waals surface area contributed by atoms with E-state index >= 15 is 0 Å². The average Bonchev–Trinajstić information content (AvgIpc) is 3.18. The number of hydrogen-bond donors (Lipinski definition) is 3. The summed E-state index contributed by atoms with van der Waals surface area (Å²) in [6.45, 7) is 1.75. The lowest BCUT2D eigenvalue weighted by Crippen LogP contribution is -2.54. The lowest BCUT2D eigenvalue weighted by Gasteiger charge is -2.33. The van der Waals surface area contributed by atoms with Crippen LogP contribution in [0.5, 0.6) is 0 Å². The molecular weight excluding hydrogens is 486 g/mol. The highest BCUT2D eigenvalue weighted by Gasteiger charge is 2.53. The van der Waals surface area contributed by atoms with Crippen molar-refractivity contribution < 1.29 is 28.8 Å². The Hall–Kier alpha value is -4.40. The third kappa shape index (κ3) is 6.29. The molecule has 1 saturated heterocycles. The van der Waals surface area contributed by atoms with Crippen molar-refractivity contribution in [3.8, 4) is 0 Å². The van der Waals surface area contributed by atoms with E-state index in [1.54, 1.807) is 43.3 Å². The Morgan fingerprint density at radius 2 is 1.61 bits per heavy atom. The van der Waals surface area contributed by atoms with Gasteiger partial charge in [0.2, 0.25) is 23.6 Å². The summed E-state index contributed by atoms with van der Waals surface area (Å²) in [5, 5.41) is 7.67. The Bertz CT molecular complexity index is 1270. The maximum atomic E-state index is 13.0. The Morgan fingerprint density at radius 3 is 2.29 bits per heavy atom. The summed E-state index contributed by atoms with van der Waals surface area (Å²) < 4.78 is 0. The van der Waals surface area contributed by atoms with E-state index < -0.39 is 59.8 Å². The van der Waals surface area contributed by atoms with E-state index in [2.05, 4.69) is 16.0 Å². The molecule has 38 heavy (non-hydrogen) atoms. The fourth-order valence-electron chi connectivity index (χ4n) is 4.99. The van der Waals surface area contributed by atoms with Crippen LogP contribution in [0.4, 0.5) is 0 Å². The Labute approximate surface area is 220 Å². The van der Waals surface area contributed by atoms with Crippen LogP contribution in [0.2, 0.25) is 0 Å². The van der Waals surface area contributed by atoms with Crippen molar-refractivity contribution in [1.29, 1.82) is 0 Å². The van der Waals surface area contributed by atoms with Gasteiger partial charge in [0.1, 0.15) is 5.92 Å². The summed E-state index contributed by atoms with van der Waals surface area (Å²) >= 11 is 0. The first-order valence-corrected chi connectivity index (χ1v) is 12.5. The lowest BCUT2D eigenvalue weighted by atomic mass is 9.72. The van der Waals surface area contributed by atoms with E-state index in [9.17, 15) is 28.8 Å². The largest absolute Gasteiger partial charge is 0.348 e. The minimum atomic E-state index is -1.09. The zero-order chi connectivity index (χ0) is 27.2. The van der Waals surface area contributed by atoms with Gasteiger partial charge in [0.05, 0.1) is 30.8 Å². The summed E-state index contributed by atoms with van der Waals surface area (Å²) in [4.78, 5) is 75.1. The van der Waals surface area contributed by atoms with Gasteiger partial charge in [-0.25, -0.2) is 0 Å². The number of imide groups is 1. The monoisotopic (exact) mass is 515 g/mol. The quantitative estimate of drug-likeness (QED) is 0.265. The van der Waals surface area contributed by atoms with Crippen LogP contribution in [-0.4, -0.2) is 41.2 Å². The van der Waals surface area contributed by atoms with E-state index in [1.165, 1.54) is 6.08 Å². The summed E-state index contributed by atoms with van der Waals surface area (Å²) in [5.74, 6) is -5.13. The van der Waals surface area contributed by atoms with Crippen molar-refractivity contribution in [2.24, 2.45) is 17.8 Å². The predicted octanol–water partition coefficient (Wildman–Crippen LogP) is 1.89. The van der Waals surface area contributed by atoms with Gasteiger partial charge < -0.3 is 10.6 Å². The molecule has 0 radical (unpaired) electrons. The number of benzene rings is 2. The molecule has 3 N–H and O–H groups in total. The Morgan fingerprint density at radius 1 is 0.947 bits per heavy atom. The zero-order valence-corrected chi connectivity index (χ0v) is 20.9. The normalized spacial score (nSPS) is 23.4. The maximum absolute atomic E-state index is 13.0. The molecule has 1 heterocycles. The van der Waals surface area contributed by atoms with E-state index in [4.69, 9.17) is 0 Å². The molecule has 196 valence electrons. The van der Waals surface area contributed by atoms with E-state index in [1.807, 2.05) is 30.3 Å². The number of carbonyl (C=O) groups is 6. The van der Waals surface area contributed by atoms with Crippen LogP contribution in [0.1, 0.15) is 43.4 Å². The van der Waals surface area contributed by atoms with Crippen LogP contribution in [-0.2, 0) is 28.8 Å². The number of carbonyl (C=O) groups excluding carboxylic acids is 6. The molecule has 2 aliphatic rings. The molecule has 5 atom stereocenters. The number of fused-ring (bicyclic) bond motifs is 1. The van der Waals surface area contributed by atoms with Crippen molar-refractivity contribution in [3.63, 3.8) is 0 Å². The molecule has 1 saturated carbocycles. The maximum Gasteiger partial charge on any atom is 0.238 e. The smallest absolute Gasteiger partial charge is 0.238 e. The molecule has 0 bridgehead atoms. The van der Waals surface area contributed by atoms with Crippen molar-refractivity contribution in [2.45, 2.75) is 38.3 Å². The first kappa shape index (κ1) is 26.7. The van der Waals surface area contributed by atoms with Crippen LogP contribution in [0.15, 0.2) is 66.7 Å². The summed E-state index contributed by atoms with van der Waals surface area (Å²) in [6, 6.07) is 16.4. The number of ketones is 2. The van der Waals surface area contributed by atoms with Crippen LogP contribution in [0.3, 0.4) is 0 Å². The van der Waals surface area contributed by atoms with Gasteiger partial charge in [0.15, 0.2) is 11.6 Å². The van der Waals surface area contributed by atoms with Gasteiger partial charge in [0.25, 0.3) is 0 Å². The van der Waals surface area contributed by atoms with Gasteiger partial charge in [-0.1, -0.05) is 73.7 Å². The molecule has 4 amide bonds. The summed E-state index contributed by atoms with van der Waals surface area (Å²) in [6.07, 6.45) is 2.70. The van der Waals surface area contributed by atoms with Gasteiger partial charge in [-0.2, -0.15) is 0 Å². The highest BCUT2D eigenvalue weighted by atomic mass is 16.2. The summed E-state index contributed by atoms with van der Waals surface area (Å²) in [5.41, 5.74) is 1.49. The fraction of sp³-hybridized carbons (Fsp3) is 0.310. The van der Waals surface area contributed by atoms with Gasteiger partial charge in [0, 0.05) is 0 Å². The molecule has 1 unspecified atom stereocenters. The molecule has 2 aromatic rings. The number of nitrogens with one attached hydrogen (secondary N) is 3. The van der Waals surface area contributed by atoms with Crippen molar-refractivity contribution in [3.05, 3.63) is 77.9 Å². The number of amides is 4. The number of hydrogen-bond acceptors (Lipinski definition) is 6. The number of allylic oxidation sites excluding steroid dienone is 1. The molecule has 2 aromatic carbocycles. The van der Waals surface area contributed by atoms with Crippen molar-refractivity contribution in [2.75, 3.05) is 0 Å². The first-order chi connectivity index (χ1) is 18.2. The molecule has 1 aliphatic carbocycles. The van der Waals surface area contributed by atoms with Crippen molar-refractivity contribution in [1.82, 2.24) is 16.0 Å². The van der Waals surface area contributed by atoms with E-state index in [0.717, 1.165) is 5.56 Å². The fourth-order valence-corrected chi connectivity index (χ4v) is 4.99. The standard InChI is InChI=1S/C29H29N3O6/c1-17-14-21-25(29(38)32-28(21)37)27(36)26(17)31-24(35)16-22(19-10-6-3-7-11-19)30-23(34)15-20(33)13-12-18-8-4-2-5-9-18/h2-13,17,21-22,25-26H,14-16H2,1H3,(H,30,34)(H,31,35)(H,32,37,38)/b13-12+/t17?,21-,22-,25+,26-/m0/s1. The molecule has 1 aliphatic heterocycles. The van der Waals surface area contributed by atoms with Gasteiger partial charge in [-0.3, -0.25) is 34.1 Å². The van der Waals surface area contributed by atoms with Crippen LogP contribution < -0.4 is 16.0 Å². The summed E-state index contributed by atoms with van der Waals surface area (Å²) in [7, 11) is 0. The third-order valence-electron chi connectivity index (χ3n) is 6.92. The third-order valence-corrected chi connectivity index (χ3v) is 6.92. The molecule has 0 aromatic heterocycles. The predicted molar refractivity (Wildman–Crippen MR) is 138 cm³/mol.